The number of carbonyl (C=O) groups excluding carboxylic acids is 2. The van der Waals surface area contributed by atoms with E-state index in [1.807, 2.05) is 0 Å². The van der Waals surface area contributed by atoms with Crippen LogP contribution in [0, 0.1) is 17.0 Å². The van der Waals surface area contributed by atoms with Crippen LogP contribution in [0.5, 0.6) is 11.5 Å². The van der Waals surface area contributed by atoms with Crippen LogP contribution < -0.4 is 20.1 Å². The fourth-order valence-corrected chi connectivity index (χ4v) is 2.69. The first-order valence-corrected chi connectivity index (χ1v) is 8.20. The number of hydrogen-bond donors (Lipinski definition) is 2. The van der Waals surface area contributed by atoms with Gasteiger partial charge in [-0.2, -0.15) is 0 Å². The lowest BCUT2D eigenvalue weighted by molar-refractivity contribution is -0.131. The number of benzene rings is 2. The van der Waals surface area contributed by atoms with Gasteiger partial charge in [0.25, 0.3) is 0 Å². The summed E-state index contributed by atoms with van der Waals surface area (Å²) >= 11 is 0. The van der Waals surface area contributed by atoms with E-state index < -0.39 is 34.6 Å². The molecule has 0 spiro atoms. The average Bonchev–Trinajstić information content (AvgIpc) is 3.46. The molecular formula is C19H18F2N2O4. The van der Waals surface area contributed by atoms with E-state index in [9.17, 15) is 18.4 Å². The molecule has 8 heteroatoms. The predicted octanol–water partition coefficient (Wildman–Crippen LogP) is 3.34. The summed E-state index contributed by atoms with van der Waals surface area (Å²) in [5.74, 6) is -2.27. The fourth-order valence-electron chi connectivity index (χ4n) is 2.69. The summed E-state index contributed by atoms with van der Waals surface area (Å²) in [6.45, 7) is 0. The Balaban J connectivity index is 1.80. The minimum atomic E-state index is -1.39. The van der Waals surface area contributed by atoms with E-state index in [0.717, 1.165) is 12.1 Å². The Labute approximate surface area is 154 Å². The molecule has 3 rings (SSSR count). The van der Waals surface area contributed by atoms with Crippen LogP contribution >= 0.6 is 0 Å². The molecule has 0 unspecified atom stereocenters. The normalized spacial score (nSPS) is 14.2. The lowest BCUT2D eigenvalue weighted by Gasteiger charge is -2.17. The maximum absolute atomic E-state index is 13.8. The van der Waals surface area contributed by atoms with Crippen LogP contribution in [0.2, 0.25) is 0 Å². The highest BCUT2D eigenvalue weighted by atomic mass is 19.1. The highest BCUT2D eigenvalue weighted by Crippen LogP contribution is 2.48. The molecule has 6 nitrogen and oxygen atoms in total. The van der Waals surface area contributed by atoms with Gasteiger partial charge in [-0.1, -0.05) is 6.07 Å². The first-order valence-electron chi connectivity index (χ1n) is 8.20. The van der Waals surface area contributed by atoms with Crippen molar-refractivity contribution in [3.8, 4) is 11.5 Å². The molecule has 0 radical (unpaired) electrons. The molecule has 0 bridgehead atoms. The fraction of sp³-hybridized carbons (Fsp3) is 0.263. The van der Waals surface area contributed by atoms with E-state index in [1.165, 1.54) is 20.3 Å². The third kappa shape index (κ3) is 3.55. The average molecular weight is 376 g/mol. The van der Waals surface area contributed by atoms with Gasteiger partial charge in [-0.3, -0.25) is 9.59 Å². The second-order valence-corrected chi connectivity index (χ2v) is 6.15. The van der Waals surface area contributed by atoms with E-state index in [2.05, 4.69) is 10.6 Å². The Morgan fingerprint density at radius 2 is 1.59 bits per heavy atom. The van der Waals surface area contributed by atoms with Crippen molar-refractivity contribution in [2.45, 2.75) is 12.8 Å². The summed E-state index contributed by atoms with van der Waals surface area (Å²) in [4.78, 5) is 25.3. The Kier molecular flexibility index (Phi) is 4.98. The first-order chi connectivity index (χ1) is 12.9. The third-order valence-electron chi connectivity index (χ3n) is 4.48. The molecule has 0 aliphatic heterocycles. The van der Waals surface area contributed by atoms with Crippen LogP contribution in [0.25, 0.3) is 0 Å². The Hall–Kier alpha value is -3.16. The molecule has 0 atom stereocenters. The van der Waals surface area contributed by atoms with E-state index >= 15 is 0 Å². The lowest BCUT2D eigenvalue weighted by Crippen LogP contribution is -2.36. The van der Waals surface area contributed by atoms with Gasteiger partial charge < -0.3 is 20.1 Å². The summed E-state index contributed by atoms with van der Waals surface area (Å²) in [5.41, 5.74) is -1.62. The molecule has 1 fully saturated rings. The van der Waals surface area contributed by atoms with Crippen molar-refractivity contribution in [2.24, 2.45) is 5.41 Å². The van der Waals surface area contributed by atoms with Gasteiger partial charge in [0.05, 0.1) is 19.9 Å². The van der Waals surface area contributed by atoms with Crippen LogP contribution in [0.3, 0.4) is 0 Å². The maximum Gasteiger partial charge on any atom is 0.240 e. The number of anilines is 2. The summed E-state index contributed by atoms with van der Waals surface area (Å²) in [6, 6.07) is 8.08. The number of rotatable bonds is 6. The van der Waals surface area contributed by atoms with Crippen molar-refractivity contribution < 1.29 is 27.8 Å². The highest BCUT2D eigenvalue weighted by Gasteiger charge is 2.57. The van der Waals surface area contributed by atoms with Crippen molar-refractivity contribution >= 4 is 23.2 Å². The number of methoxy groups -OCH3 is 2. The van der Waals surface area contributed by atoms with Crippen molar-refractivity contribution in [3.63, 3.8) is 0 Å². The van der Waals surface area contributed by atoms with Gasteiger partial charge >= 0.3 is 0 Å². The number of carbonyl (C=O) groups is 2. The maximum atomic E-state index is 13.8. The van der Waals surface area contributed by atoms with Gasteiger partial charge in [-0.25, -0.2) is 8.78 Å². The van der Waals surface area contributed by atoms with Gasteiger partial charge in [0.1, 0.15) is 34.2 Å². The number of ether oxygens (including phenoxy) is 2. The number of nitrogens with one attached hydrogen (secondary N) is 2. The van der Waals surface area contributed by atoms with Crippen LogP contribution in [0.4, 0.5) is 20.2 Å². The van der Waals surface area contributed by atoms with Gasteiger partial charge in [-0.05, 0) is 37.1 Å². The van der Waals surface area contributed by atoms with E-state index in [0.29, 0.717) is 17.2 Å². The number of para-hydroxylation sites is 1. The standard InChI is InChI=1S/C19H18F2N2O4/c1-26-11-6-7-15(27-2)14(10-11)22-17(24)19(8-9-19)18(25)23-16-12(20)4-3-5-13(16)21/h3-7,10H,8-9H2,1-2H3,(H,22,24)(H,23,25). The molecule has 142 valence electrons. The van der Waals surface area contributed by atoms with Crippen LogP contribution in [-0.4, -0.2) is 26.0 Å². The summed E-state index contributed by atoms with van der Waals surface area (Å²) in [6.07, 6.45) is 0.542. The molecule has 2 aromatic carbocycles. The quantitative estimate of drug-likeness (QED) is 0.758. The smallest absolute Gasteiger partial charge is 0.240 e. The molecule has 27 heavy (non-hydrogen) atoms. The van der Waals surface area contributed by atoms with Crippen molar-refractivity contribution in [3.05, 3.63) is 48.0 Å². The van der Waals surface area contributed by atoms with Gasteiger partial charge in [0.15, 0.2) is 0 Å². The minimum Gasteiger partial charge on any atom is -0.497 e. The molecule has 2 N–H and O–H groups in total. The SMILES string of the molecule is COc1ccc(OC)c(NC(=O)C2(C(=O)Nc3c(F)cccc3F)CC2)c1. The summed E-state index contributed by atoms with van der Waals surface area (Å²) < 4.78 is 37.8. The number of amides is 2. The molecule has 2 aromatic rings. The zero-order valence-corrected chi connectivity index (χ0v) is 14.8. The molecular weight excluding hydrogens is 358 g/mol. The van der Waals surface area contributed by atoms with Crippen LogP contribution in [-0.2, 0) is 9.59 Å². The Morgan fingerprint density at radius 3 is 2.15 bits per heavy atom. The van der Waals surface area contributed by atoms with Crippen molar-refractivity contribution in [1.82, 2.24) is 0 Å². The summed E-state index contributed by atoms with van der Waals surface area (Å²) in [7, 11) is 2.92. The van der Waals surface area contributed by atoms with E-state index in [-0.39, 0.29) is 12.8 Å². The monoisotopic (exact) mass is 376 g/mol. The largest absolute Gasteiger partial charge is 0.497 e. The van der Waals surface area contributed by atoms with Crippen LogP contribution in [0.1, 0.15) is 12.8 Å². The predicted molar refractivity (Wildman–Crippen MR) is 94.8 cm³/mol. The number of hydrogen-bond acceptors (Lipinski definition) is 4. The van der Waals surface area contributed by atoms with E-state index in [1.54, 1.807) is 18.2 Å². The minimum absolute atomic E-state index is 0.271. The van der Waals surface area contributed by atoms with Crippen molar-refractivity contribution in [2.75, 3.05) is 24.9 Å². The molecule has 0 heterocycles. The highest BCUT2D eigenvalue weighted by molar-refractivity contribution is 6.17. The topological polar surface area (TPSA) is 76.7 Å². The summed E-state index contributed by atoms with van der Waals surface area (Å²) in [5, 5.41) is 4.84. The Morgan fingerprint density at radius 1 is 0.963 bits per heavy atom. The Bertz CT molecular complexity index is 877. The second-order valence-electron chi connectivity index (χ2n) is 6.15. The number of halogens is 2. The van der Waals surface area contributed by atoms with Gasteiger partial charge in [0, 0.05) is 6.07 Å². The second kappa shape index (κ2) is 7.22. The third-order valence-corrected chi connectivity index (χ3v) is 4.48. The molecule has 1 saturated carbocycles. The molecule has 0 aromatic heterocycles. The van der Waals surface area contributed by atoms with Gasteiger partial charge in [-0.15, -0.1) is 0 Å². The molecule has 1 aliphatic rings. The van der Waals surface area contributed by atoms with Gasteiger partial charge in [0.2, 0.25) is 11.8 Å². The van der Waals surface area contributed by atoms with Crippen LogP contribution in [0.15, 0.2) is 36.4 Å². The lowest BCUT2D eigenvalue weighted by atomic mass is 10.0. The molecule has 0 saturated heterocycles. The zero-order chi connectivity index (χ0) is 19.6. The molecule has 1 aliphatic carbocycles. The van der Waals surface area contributed by atoms with E-state index in [4.69, 9.17) is 9.47 Å². The zero-order valence-electron chi connectivity index (χ0n) is 14.8. The van der Waals surface area contributed by atoms with Crippen molar-refractivity contribution in [1.29, 1.82) is 0 Å². The first kappa shape index (κ1) is 18.6. The molecule has 2 amide bonds.